The van der Waals surface area contributed by atoms with Gasteiger partial charge >= 0.3 is 0 Å². The summed E-state index contributed by atoms with van der Waals surface area (Å²) in [5.41, 5.74) is 2.00. The monoisotopic (exact) mass is 350 g/mol. The summed E-state index contributed by atoms with van der Waals surface area (Å²) >= 11 is 0. The average molecular weight is 351 g/mol. The number of para-hydroxylation sites is 1. The fourth-order valence-electron chi connectivity index (χ4n) is 6.01. The number of nitrogens with zero attached hydrogens (tertiary/aromatic N) is 1. The lowest BCUT2D eigenvalue weighted by atomic mass is 9.73. The van der Waals surface area contributed by atoms with Gasteiger partial charge < -0.3 is 10.2 Å². The number of rotatable bonds is 2. The Morgan fingerprint density at radius 3 is 2.85 bits per heavy atom. The van der Waals surface area contributed by atoms with E-state index in [1.165, 1.54) is 44.2 Å². The molecule has 0 aromatic heterocycles. The van der Waals surface area contributed by atoms with Crippen molar-refractivity contribution in [2.24, 2.45) is 17.8 Å². The maximum absolute atomic E-state index is 12.7. The Kier molecular flexibility index (Phi) is 4.16. The molecular weight excluding hydrogens is 320 g/mol. The molecule has 2 bridgehead atoms. The van der Waals surface area contributed by atoms with Crippen LogP contribution in [-0.2, 0) is 10.2 Å². The number of allylic oxidation sites excluding steroid dienone is 2. The molecule has 26 heavy (non-hydrogen) atoms. The molecule has 3 atom stereocenters. The minimum atomic E-state index is -0.268. The molecule has 3 unspecified atom stereocenters. The molecule has 2 heterocycles. The highest BCUT2D eigenvalue weighted by atomic mass is 16.2. The van der Waals surface area contributed by atoms with Gasteiger partial charge in [0.15, 0.2) is 0 Å². The third-order valence-corrected chi connectivity index (χ3v) is 7.48. The summed E-state index contributed by atoms with van der Waals surface area (Å²) in [5.74, 6) is 2.83. The first-order chi connectivity index (χ1) is 12.7. The van der Waals surface area contributed by atoms with Gasteiger partial charge in [-0.25, -0.2) is 0 Å². The normalized spacial score (nSPS) is 32.9. The van der Waals surface area contributed by atoms with E-state index in [9.17, 15) is 4.79 Å². The highest BCUT2D eigenvalue weighted by molar-refractivity contribution is 6.06. The summed E-state index contributed by atoms with van der Waals surface area (Å²) in [6.07, 6.45) is 13.8. The van der Waals surface area contributed by atoms with E-state index in [-0.39, 0.29) is 11.3 Å². The Morgan fingerprint density at radius 2 is 1.96 bits per heavy atom. The van der Waals surface area contributed by atoms with Gasteiger partial charge in [0.25, 0.3) is 0 Å². The predicted molar refractivity (Wildman–Crippen MR) is 105 cm³/mol. The third-order valence-electron chi connectivity index (χ3n) is 7.48. The summed E-state index contributed by atoms with van der Waals surface area (Å²) in [6, 6.07) is 8.29. The molecule has 1 N–H and O–H groups in total. The van der Waals surface area contributed by atoms with Crippen LogP contribution in [0.3, 0.4) is 0 Å². The summed E-state index contributed by atoms with van der Waals surface area (Å²) < 4.78 is 0. The smallest absolute Gasteiger partial charge is 0.235 e. The van der Waals surface area contributed by atoms with E-state index >= 15 is 0 Å². The van der Waals surface area contributed by atoms with Crippen molar-refractivity contribution in [3.05, 3.63) is 42.0 Å². The molecule has 1 saturated carbocycles. The van der Waals surface area contributed by atoms with Crippen LogP contribution >= 0.6 is 0 Å². The Labute approximate surface area is 156 Å². The minimum Gasteiger partial charge on any atom is -0.325 e. The van der Waals surface area contributed by atoms with Crippen LogP contribution in [0.15, 0.2) is 36.4 Å². The highest BCUT2D eigenvalue weighted by Gasteiger charge is 2.48. The van der Waals surface area contributed by atoms with Crippen LogP contribution in [-0.4, -0.2) is 30.4 Å². The largest absolute Gasteiger partial charge is 0.325 e. The molecule has 4 aliphatic rings. The van der Waals surface area contributed by atoms with Gasteiger partial charge in [0.2, 0.25) is 5.91 Å². The van der Waals surface area contributed by atoms with Crippen molar-refractivity contribution in [3.63, 3.8) is 0 Å². The van der Waals surface area contributed by atoms with Crippen molar-refractivity contribution in [1.29, 1.82) is 0 Å². The second kappa shape index (κ2) is 6.53. The summed E-state index contributed by atoms with van der Waals surface area (Å²) in [5, 5.41) is 3.12. The average Bonchev–Trinajstić information content (AvgIpc) is 2.85. The standard InChI is InChI=1S/C23H30N2O/c26-22-23(20-6-1-2-7-21(20)24-22)10-12-25(13-11-23)16-19-9-8-17-4-3-5-18(14-17)15-19/h1-3,5-7,17-19H,4,8-16H2,(H,24,26). The number of carbonyl (C=O) groups excluding carboxylic acids is 1. The van der Waals surface area contributed by atoms with Gasteiger partial charge in [0.1, 0.15) is 0 Å². The number of nitrogens with one attached hydrogen (secondary N) is 1. The Balaban J connectivity index is 1.24. The number of anilines is 1. The van der Waals surface area contributed by atoms with Gasteiger partial charge in [-0.15, -0.1) is 0 Å². The Bertz CT molecular complexity index is 717. The first kappa shape index (κ1) is 16.6. The molecule has 138 valence electrons. The van der Waals surface area contributed by atoms with Crippen molar-refractivity contribution in [3.8, 4) is 0 Å². The zero-order chi connectivity index (χ0) is 17.6. The zero-order valence-corrected chi connectivity index (χ0v) is 15.6. The summed E-state index contributed by atoms with van der Waals surface area (Å²) in [6.45, 7) is 3.35. The van der Waals surface area contributed by atoms with Crippen LogP contribution < -0.4 is 5.32 Å². The second-order valence-electron chi connectivity index (χ2n) is 9.09. The topological polar surface area (TPSA) is 32.3 Å². The van der Waals surface area contributed by atoms with Gasteiger partial charge in [-0.1, -0.05) is 30.4 Å². The lowest BCUT2D eigenvalue weighted by Gasteiger charge is -2.39. The molecule has 2 aliphatic carbocycles. The summed E-state index contributed by atoms with van der Waals surface area (Å²) in [4.78, 5) is 15.4. The molecule has 2 aliphatic heterocycles. The molecule has 1 saturated heterocycles. The first-order valence-corrected chi connectivity index (χ1v) is 10.5. The Morgan fingerprint density at radius 1 is 1.12 bits per heavy atom. The van der Waals surface area contributed by atoms with Crippen molar-refractivity contribution >= 4 is 11.6 Å². The molecule has 3 nitrogen and oxygen atoms in total. The number of hydrogen-bond donors (Lipinski definition) is 1. The van der Waals surface area contributed by atoms with E-state index in [0.29, 0.717) is 0 Å². The molecule has 1 amide bonds. The van der Waals surface area contributed by atoms with Gasteiger partial charge in [-0.05, 0) is 87.4 Å². The van der Waals surface area contributed by atoms with Crippen molar-refractivity contribution < 1.29 is 4.79 Å². The van der Waals surface area contributed by atoms with Gasteiger partial charge in [-0.2, -0.15) is 0 Å². The number of hydrogen-bond acceptors (Lipinski definition) is 2. The third kappa shape index (κ3) is 2.81. The minimum absolute atomic E-state index is 0.228. The second-order valence-corrected chi connectivity index (χ2v) is 9.09. The predicted octanol–water partition coefficient (Wildman–Crippen LogP) is 4.35. The molecule has 2 fully saturated rings. The van der Waals surface area contributed by atoms with E-state index in [4.69, 9.17) is 0 Å². The van der Waals surface area contributed by atoms with E-state index in [0.717, 1.165) is 49.4 Å². The number of likely N-dealkylation sites (tertiary alicyclic amines) is 1. The van der Waals surface area contributed by atoms with Crippen LogP contribution in [0.5, 0.6) is 0 Å². The van der Waals surface area contributed by atoms with Crippen molar-refractivity contribution in [2.75, 3.05) is 25.0 Å². The lowest BCUT2D eigenvalue weighted by molar-refractivity contribution is -0.122. The quantitative estimate of drug-likeness (QED) is 0.804. The van der Waals surface area contributed by atoms with E-state index in [1.807, 2.05) is 12.1 Å². The van der Waals surface area contributed by atoms with E-state index in [2.05, 4.69) is 34.5 Å². The van der Waals surface area contributed by atoms with Gasteiger partial charge in [-0.3, -0.25) is 4.79 Å². The van der Waals surface area contributed by atoms with E-state index in [1.54, 1.807) is 0 Å². The van der Waals surface area contributed by atoms with E-state index < -0.39 is 0 Å². The molecule has 1 aromatic rings. The fraction of sp³-hybridized carbons (Fsp3) is 0.609. The lowest BCUT2D eigenvalue weighted by Crippen LogP contribution is -2.47. The molecule has 1 spiro atoms. The molecule has 1 aromatic carbocycles. The van der Waals surface area contributed by atoms with Gasteiger partial charge in [0, 0.05) is 12.2 Å². The number of fused-ring (bicyclic) bond motifs is 4. The van der Waals surface area contributed by atoms with Crippen LogP contribution in [0.2, 0.25) is 0 Å². The summed E-state index contributed by atoms with van der Waals surface area (Å²) in [7, 11) is 0. The molecule has 0 radical (unpaired) electrons. The molecular formula is C23H30N2O. The van der Waals surface area contributed by atoms with Crippen molar-refractivity contribution in [1.82, 2.24) is 4.90 Å². The number of benzene rings is 1. The fourth-order valence-corrected chi connectivity index (χ4v) is 6.01. The Hall–Kier alpha value is -1.61. The number of carbonyl (C=O) groups is 1. The van der Waals surface area contributed by atoms with Crippen molar-refractivity contribution in [2.45, 2.75) is 50.4 Å². The molecule has 3 heteroatoms. The van der Waals surface area contributed by atoms with Gasteiger partial charge in [0.05, 0.1) is 5.41 Å². The maximum atomic E-state index is 12.7. The maximum Gasteiger partial charge on any atom is 0.235 e. The SMILES string of the molecule is O=C1Nc2ccccc2C12CCN(CC1CCC3CC=CC(C3)C1)CC2. The van der Waals surface area contributed by atoms with Crippen LogP contribution in [0.25, 0.3) is 0 Å². The van der Waals surface area contributed by atoms with Crippen LogP contribution in [0.4, 0.5) is 5.69 Å². The number of amides is 1. The zero-order valence-electron chi connectivity index (χ0n) is 15.6. The van der Waals surface area contributed by atoms with Crippen LogP contribution in [0.1, 0.15) is 50.5 Å². The highest BCUT2D eigenvalue weighted by Crippen LogP contribution is 2.45. The first-order valence-electron chi connectivity index (χ1n) is 10.5. The number of piperidine rings is 1. The molecule has 5 rings (SSSR count). The van der Waals surface area contributed by atoms with Crippen LogP contribution in [0, 0.1) is 17.8 Å².